The van der Waals surface area contributed by atoms with E-state index in [-0.39, 0.29) is 0 Å². The highest BCUT2D eigenvalue weighted by atomic mass is 35.5. The Labute approximate surface area is 142 Å². The van der Waals surface area contributed by atoms with Crippen LogP contribution in [0, 0.1) is 6.92 Å². The van der Waals surface area contributed by atoms with Crippen molar-refractivity contribution in [3.05, 3.63) is 65.2 Å². The molecule has 0 aliphatic carbocycles. The molecular formula is C19H22ClNO2. The molecule has 0 aromatic heterocycles. The molecule has 0 aliphatic rings. The summed E-state index contributed by atoms with van der Waals surface area (Å²) in [5.74, 6) is 1.22. The van der Waals surface area contributed by atoms with E-state index in [0.717, 1.165) is 11.3 Å². The maximum absolute atomic E-state index is 6.35. The highest BCUT2D eigenvalue weighted by Crippen LogP contribution is 2.37. The number of benzene rings is 2. The van der Waals surface area contributed by atoms with E-state index < -0.39 is 0 Å². The minimum Gasteiger partial charge on any atom is -0.490 e. The molecule has 0 aliphatic heterocycles. The number of halogens is 1. The standard InChI is InChI=1S/C19H22ClNO2/c1-4-9-23-19-17(20)11-15(12-18(19)22-5-2)13-21-16-8-6-7-14(3)10-16/h4,6-8,10-12,21H,1,5,9,13H2,2-3H3. The molecule has 3 nitrogen and oxygen atoms in total. The summed E-state index contributed by atoms with van der Waals surface area (Å²) < 4.78 is 11.3. The van der Waals surface area contributed by atoms with E-state index in [1.807, 2.05) is 31.2 Å². The lowest BCUT2D eigenvalue weighted by Crippen LogP contribution is -2.03. The molecule has 2 aromatic rings. The van der Waals surface area contributed by atoms with Gasteiger partial charge in [0, 0.05) is 12.2 Å². The van der Waals surface area contributed by atoms with E-state index in [1.165, 1.54) is 5.56 Å². The second kappa shape index (κ2) is 8.49. The van der Waals surface area contributed by atoms with Crippen LogP contribution in [0.4, 0.5) is 5.69 Å². The third-order valence-corrected chi connectivity index (χ3v) is 3.51. The fourth-order valence-corrected chi connectivity index (χ4v) is 2.52. The molecule has 122 valence electrons. The van der Waals surface area contributed by atoms with Crippen LogP contribution in [0.2, 0.25) is 5.02 Å². The van der Waals surface area contributed by atoms with Crippen molar-refractivity contribution < 1.29 is 9.47 Å². The zero-order valence-corrected chi connectivity index (χ0v) is 14.3. The summed E-state index contributed by atoms with van der Waals surface area (Å²) in [4.78, 5) is 0. The van der Waals surface area contributed by atoms with Gasteiger partial charge in [-0.1, -0.05) is 36.4 Å². The largest absolute Gasteiger partial charge is 0.490 e. The zero-order valence-electron chi connectivity index (χ0n) is 13.6. The average Bonchev–Trinajstić information content (AvgIpc) is 2.52. The lowest BCUT2D eigenvalue weighted by molar-refractivity contribution is 0.297. The molecule has 0 spiro atoms. The number of aryl methyl sites for hydroxylation is 1. The number of anilines is 1. The Balaban J connectivity index is 2.17. The lowest BCUT2D eigenvalue weighted by Gasteiger charge is -2.15. The predicted molar refractivity (Wildman–Crippen MR) is 96.8 cm³/mol. The third-order valence-electron chi connectivity index (χ3n) is 3.23. The molecule has 4 heteroatoms. The van der Waals surface area contributed by atoms with Crippen molar-refractivity contribution in [2.45, 2.75) is 20.4 Å². The van der Waals surface area contributed by atoms with Gasteiger partial charge in [-0.2, -0.15) is 0 Å². The van der Waals surface area contributed by atoms with Gasteiger partial charge in [0.2, 0.25) is 0 Å². The van der Waals surface area contributed by atoms with Crippen LogP contribution in [0.15, 0.2) is 49.1 Å². The Morgan fingerprint density at radius 1 is 1.22 bits per heavy atom. The molecule has 0 saturated heterocycles. The number of hydrogen-bond acceptors (Lipinski definition) is 3. The van der Waals surface area contributed by atoms with Crippen LogP contribution in [0.3, 0.4) is 0 Å². The SMILES string of the molecule is C=CCOc1c(Cl)cc(CNc2cccc(C)c2)cc1OCC. The van der Waals surface area contributed by atoms with Gasteiger partial charge in [-0.15, -0.1) is 0 Å². The summed E-state index contributed by atoms with van der Waals surface area (Å²) in [5, 5.41) is 3.93. The van der Waals surface area contributed by atoms with Gasteiger partial charge in [0.25, 0.3) is 0 Å². The first kappa shape index (κ1) is 17.2. The van der Waals surface area contributed by atoms with Gasteiger partial charge in [-0.05, 0) is 49.2 Å². The van der Waals surface area contributed by atoms with Crippen LogP contribution < -0.4 is 14.8 Å². The van der Waals surface area contributed by atoms with Gasteiger partial charge < -0.3 is 14.8 Å². The molecular weight excluding hydrogens is 310 g/mol. The van der Waals surface area contributed by atoms with Crippen LogP contribution in [0.25, 0.3) is 0 Å². The average molecular weight is 332 g/mol. The van der Waals surface area contributed by atoms with E-state index in [1.54, 1.807) is 6.08 Å². The Morgan fingerprint density at radius 3 is 2.74 bits per heavy atom. The van der Waals surface area contributed by atoms with Gasteiger partial charge in [0.1, 0.15) is 6.61 Å². The molecule has 0 bridgehead atoms. The lowest BCUT2D eigenvalue weighted by atomic mass is 10.1. The Hall–Kier alpha value is -2.13. The van der Waals surface area contributed by atoms with Gasteiger partial charge in [0.05, 0.1) is 11.6 Å². The monoisotopic (exact) mass is 331 g/mol. The van der Waals surface area contributed by atoms with Crippen molar-refractivity contribution in [3.63, 3.8) is 0 Å². The zero-order chi connectivity index (χ0) is 16.7. The van der Waals surface area contributed by atoms with Gasteiger partial charge >= 0.3 is 0 Å². The van der Waals surface area contributed by atoms with Crippen LogP contribution >= 0.6 is 11.6 Å². The number of nitrogens with one attached hydrogen (secondary N) is 1. The fraction of sp³-hybridized carbons (Fsp3) is 0.263. The van der Waals surface area contributed by atoms with E-state index in [9.17, 15) is 0 Å². The number of rotatable bonds is 8. The topological polar surface area (TPSA) is 30.5 Å². The summed E-state index contributed by atoms with van der Waals surface area (Å²) in [5.41, 5.74) is 3.33. The number of hydrogen-bond donors (Lipinski definition) is 1. The second-order valence-electron chi connectivity index (χ2n) is 5.16. The minimum absolute atomic E-state index is 0.390. The summed E-state index contributed by atoms with van der Waals surface area (Å²) in [6, 6.07) is 12.1. The fourth-order valence-electron chi connectivity index (χ4n) is 2.23. The van der Waals surface area contributed by atoms with Crippen LogP contribution in [-0.4, -0.2) is 13.2 Å². The molecule has 0 fully saturated rings. The predicted octanol–water partition coefficient (Wildman–Crippen LogP) is 5.22. The molecule has 2 aromatic carbocycles. The summed E-state index contributed by atoms with van der Waals surface area (Å²) in [6.45, 7) is 9.25. The van der Waals surface area contributed by atoms with Crippen molar-refractivity contribution in [2.75, 3.05) is 18.5 Å². The molecule has 0 saturated carbocycles. The first-order chi connectivity index (χ1) is 11.1. The van der Waals surface area contributed by atoms with Gasteiger partial charge in [-0.25, -0.2) is 0 Å². The molecule has 2 rings (SSSR count). The van der Waals surface area contributed by atoms with Crippen molar-refractivity contribution in [3.8, 4) is 11.5 Å². The summed E-state index contributed by atoms with van der Waals surface area (Å²) in [7, 11) is 0. The maximum atomic E-state index is 6.35. The second-order valence-corrected chi connectivity index (χ2v) is 5.57. The van der Waals surface area contributed by atoms with Crippen LogP contribution in [-0.2, 0) is 6.54 Å². The van der Waals surface area contributed by atoms with Crippen LogP contribution in [0.1, 0.15) is 18.1 Å². The first-order valence-electron chi connectivity index (χ1n) is 7.63. The molecule has 0 heterocycles. The van der Waals surface area contributed by atoms with E-state index in [0.29, 0.717) is 36.3 Å². The highest BCUT2D eigenvalue weighted by Gasteiger charge is 2.12. The van der Waals surface area contributed by atoms with E-state index in [2.05, 4.69) is 31.0 Å². The van der Waals surface area contributed by atoms with Crippen molar-refractivity contribution in [2.24, 2.45) is 0 Å². The number of ether oxygens (including phenoxy) is 2. The Kier molecular flexibility index (Phi) is 6.36. The summed E-state index contributed by atoms with van der Waals surface area (Å²) in [6.07, 6.45) is 1.68. The highest BCUT2D eigenvalue weighted by molar-refractivity contribution is 6.32. The quantitative estimate of drug-likeness (QED) is 0.672. The molecule has 0 radical (unpaired) electrons. The smallest absolute Gasteiger partial charge is 0.180 e. The normalized spacial score (nSPS) is 10.2. The van der Waals surface area contributed by atoms with Crippen LogP contribution in [0.5, 0.6) is 11.5 Å². The van der Waals surface area contributed by atoms with Gasteiger partial charge in [0.15, 0.2) is 11.5 Å². The minimum atomic E-state index is 0.390. The first-order valence-corrected chi connectivity index (χ1v) is 8.01. The van der Waals surface area contributed by atoms with E-state index in [4.69, 9.17) is 21.1 Å². The molecule has 23 heavy (non-hydrogen) atoms. The molecule has 0 unspecified atom stereocenters. The van der Waals surface area contributed by atoms with Crippen molar-refractivity contribution >= 4 is 17.3 Å². The molecule has 1 N–H and O–H groups in total. The maximum Gasteiger partial charge on any atom is 0.180 e. The van der Waals surface area contributed by atoms with E-state index >= 15 is 0 Å². The Bertz CT molecular complexity index is 670. The molecule has 0 amide bonds. The van der Waals surface area contributed by atoms with Crippen molar-refractivity contribution in [1.82, 2.24) is 0 Å². The van der Waals surface area contributed by atoms with Gasteiger partial charge in [-0.3, -0.25) is 0 Å². The third kappa shape index (κ3) is 4.93. The molecule has 0 atom stereocenters. The summed E-state index contributed by atoms with van der Waals surface area (Å²) >= 11 is 6.35. The van der Waals surface area contributed by atoms with Crippen molar-refractivity contribution in [1.29, 1.82) is 0 Å². The Morgan fingerprint density at radius 2 is 2.04 bits per heavy atom.